The smallest absolute Gasteiger partial charge is 0.248 e. The molecular weight excluding hydrogens is 416 g/mol. The lowest BCUT2D eigenvalue weighted by Gasteiger charge is -2.30. The highest BCUT2D eigenvalue weighted by Crippen LogP contribution is 2.31. The molecule has 0 aliphatic rings. The molecule has 0 spiro atoms. The van der Waals surface area contributed by atoms with Gasteiger partial charge in [-0.25, -0.2) is 8.42 Å². The van der Waals surface area contributed by atoms with E-state index in [0.717, 1.165) is 16.1 Å². The van der Waals surface area contributed by atoms with E-state index in [0.29, 0.717) is 27.9 Å². The number of sulfonamides is 1. The highest BCUT2D eigenvalue weighted by Gasteiger charge is 2.32. The van der Waals surface area contributed by atoms with Crippen molar-refractivity contribution >= 4 is 38.9 Å². The summed E-state index contributed by atoms with van der Waals surface area (Å²) in [6.45, 7) is 3.56. The molecular formula is C20H25ClN2O5S. The van der Waals surface area contributed by atoms with E-state index in [1.54, 1.807) is 43.3 Å². The molecule has 0 aliphatic carbocycles. The zero-order valence-electron chi connectivity index (χ0n) is 17.0. The van der Waals surface area contributed by atoms with Crippen molar-refractivity contribution in [3.8, 4) is 11.5 Å². The number of nitrogens with zero attached hydrogens (tertiary/aromatic N) is 1. The van der Waals surface area contributed by atoms with Crippen molar-refractivity contribution < 1.29 is 22.7 Å². The van der Waals surface area contributed by atoms with Crippen LogP contribution in [0, 0.1) is 6.92 Å². The number of carbonyl (C=O) groups excluding carboxylic acids is 1. The molecule has 29 heavy (non-hydrogen) atoms. The normalized spacial score (nSPS) is 12.2. The molecule has 0 saturated heterocycles. The fraction of sp³-hybridized carbons (Fsp3) is 0.350. The van der Waals surface area contributed by atoms with Gasteiger partial charge in [-0.05, 0) is 43.2 Å². The van der Waals surface area contributed by atoms with Crippen LogP contribution in [0.2, 0.25) is 5.02 Å². The summed E-state index contributed by atoms with van der Waals surface area (Å²) in [5, 5.41) is 3.17. The van der Waals surface area contributed by atoms with Crippen molar-refractivity contribution in [3.05, 3.63) is 47.0 Å². The predicted octanol–water partition coefficient (Wildman–Crippen LogP) is 3.85. The van der Waals surface area contributed by atoms with Gasteiger partial charge in [-0.3, -0.25) is 9.10 Å². The van der Waals surface area contributed by atoms with Gasteiger partial charge in [0.2, 0.25) is 15.9 Å². The van der Waals surface area contributed by atoms with E-state index in [9.17, 15) is 13.2 Å². The summed E-state index contributed by atoms with van der Waals surface area (Å²) in [5.74, 6) is 0.480. The number of nitrogens with one attached hydrogen (secondary N) is 1. The zero-order chi connectivity index (χ0) is 21.8. The Balaban J connectivity index is 2.42. The van der Waals surface area contributed by atoms with Crippen molar-refractivity contribution in [2.24, 2.45) is 0 Å². The summed E-state index contributed by atoms with van der Waals surface area (Å²) in [6, 6.07) is 8.85. The molecule has 1 N–H and O–H groups in total. The van der Waals surface area contributed by atoms with E-state index in [1.807, 2.05) is 6.92 Å². The molecule has 0 aromatic heterocycles. The number of rotatable bonds is 8. The van der Waals surface area contributed by atoms with Crippen molar-refractivity contribution in [3.63, 3.8) is 0 Å². The fourth-order valence-corrected chi connectivity index (χ4v) is 4.28. The van der Waals surface area contributed by atoms with Crippen LogP contribution in [0.15, 0.2) is 36.4 Å². The molecule has 1 amide bonds. The Morgan fingerprint density at radius 2 is 1.86 bits per heavy atom. The topological polar surface area (TPSA) is 84.9 Å². The minimum absolute atomic E-state index is 0.253. The van der Waals surface area contributed by atoms with Gasteiger partial charge in [0.15, 0.2) is 0 Å². The Morgan fingerprint density at radius 3 is 2.38 bits per heavy atom. The Kier molecular flexibility index (Phi) is 7.37. The van der Waals surface area contributed by atoms with E-state index in [4.69, 9.17) is 21.1 Å². The van der Waals surface area contributed by atoms with Gasteiger partial charge in [0, 0.05) is 11.1 Å². The van der Waals surface area contributed by atoms with Crippen LogP contribution >= 0.6 is 11.6 Å². The summed E-state index contributed by atoms with van der Waals surface area (Å²) >= 11 is 6.18. The molecule has 0 bridgehead atoms. The van der Waals surface area contributed by atoms with Crippen molar-refractivity contribution in [2.75, 3.05) is 30.1 Å². The van der Waals surface area contributed by atoms with Crippen LogP contribution in [-0.2, 0) is 14.8 Å². The average Bonchev–Trinajstić information content (AvgIpc) is 2.67. The number of methoxy groups -OCH3 is 2. The lowest BCUT2D eigenvalue weighted by molar-refractivity contribution is -0.117. The molecule has 0 fully saturated rings. The highest BCUT2D eigenvalue weighted by molar-refractivity contribution is 7.92. The minimum Gasteiger partial charge on any atom is -0.497 e. The lowest BCUT2D eigenvalue weighted by atomic mass is 10.1. The third-order valence-corrected chi connectivity index (χ3v) is 5.99. The number of carbonyl (C=O) groups is 1. The van der Waals surface area contributed by atoms with Gasteiger partial charge < -0.3 is 14.8 Å². The number of halogens is 1. The second-order valence-corrected chi connectivity index (χ2v) is 8.74. The minimum atomic E-state index is -3.76. The van der Waals surface area contributed by atoms with E-state index in [1.165, 1.54) is 14.2 Å². The van der Waals surface area contributed by atoms with Gasteiger partial charge in [-0.15, -0.1) is 0 Å². The molecule has 1 atom stereocenters. The number of aryl methyl sites for hydroxylation is 1. The molecule has 2 aromatic rings. The van der Waals surface area contributed by atoms with Crippen LogP contribution in [0.1, 0.15) is 18.9 Å². The SMILES string of the molecule is CC[C@H](C(=O)Nc1ccc(OC)cc1OC)N(c1ccc(C)c(Cl)c1)S(C)(=O)=O. The molecule has 9 heteroatoms. The third kappa shape index (κ3) is 5.33. The Morgan fingerprint density at radius 1 is 1.17 bits per heavy atom. The monoisotopic (exact) mass is 440 g/mol. The molecule has 0 aliphatic heterocycles. The summed E-state index contributed by atoms with van der Waals surface area (Å²) in [5.41, 5.74) is 1.54. The number of hydrogen-bond donors (Lipinski definition) is 1. The lowest BCUT2D eigenvalue weighted by Crippen LogP contribution is -2.47. The second-order valence-electron chi connectivity index (χ2n) is 6.47. The fourth-order valence-electron chi connectivity index (χ4n) is 2.90. The number of anilines is 2. The van der Waals surface area contributed by atoms with E-state index in [-0.39, 0.29) is 6.42 Å². The van der Waals surface area contributed by atoms with Gasteiger partial charge in [-0.1, -0.05) is 24.6 Å². The number of hydrogen-bond acceptors (Lipinski definition) is 5. The third-order valence-electron chi connectivity index (χ3n) is 4.41. The zero-order valence-corrected chi connectivity index (χ0v) is 18.6. The predicted molar refractivity (Wildman–Crippen MR) is 116 cm³/mol. The number of benzene rings is 2. The van der Waals surface area contributed by atoms with Gasteiger partial charge >= 0.3 is 0 Å². The average molecular weight is 441 g/mol. The largest absolute Gasteiger partial charge is 0.497 e. The summed E-state index contributed by atoms with van der Waals surface area (Å²) in [6.07, 6.45) is 1.31. The summed E-state index contributed by atoms with van der Waals surface area (Å²) in [7, 11) is -0.764. The van der Waals surface area contributed by atoms with E-state index < -0.39 is 22.0 Å². The standard InChI is InChI=1S/C20H25ClN2O5S/c1-6-18(20(24)22-17-10-9-15(27-3)12-19(17)28-4)23(29(5,25)26)14-8-7-13(2)16(21)11-14/h7-12,18H,6H2,1-5H3,(H,22,24)/t18-/m1/s1. The van der Waals surface area contributed by atoms with Crippen LogP contribution < -0.4 is 19.1 Å². The molecule has 158 valence electrons. The highest BCUT2D eigenvalue weighted by atomic mass is 35.5. The quantitative estimate of drug-likeness (QED) is 0.673. The van der Waals surface area contributed by atoms with Crippen molar-refractivity contribution in [1.82, 2.24) is 0 Å². The molecule has 0 radical (unpaired) electrons. The van der Waals surface area contributed by atoms with Crippen LogP contribution in [0.5, 0.6) is 11.5 Å². The maximum absolute atomic E-state index is 13.0. The number of amides is 1. The Labute approximate surface area is 176 Å². The van der Waals surface area contributed by atoms with Gasteiger partial charge in [0.25, 0.3) is 0 Å². The molecule has 2 aromatic carbocycles. The first-order valence-electron chi connectivity index (χ1n) is 8.90. The van der Waals surface area contributed by atoms with Gasteiger partial charge in [0.1, 0.15) is 17.5 Å². The summed E-state index contributed by atoms with van der Waals surface area (Å²) in [4.78, 5) is 13.0. The van der Waals surface area contributed by atoms with Crippen LogP contribution in [0.25, 0.3) is 0 Å². The van der Waals surface area contributed by atoms with Crippen LogP contribution in [-0.4, -0.2) is 40.8 Å². The van der Waals surface area contributed by atoms with E-state index in [2.05, 4.69) is 5.32 Å². The first-order valence-corrected chi connectivity index (χ1v) is 11.1. The summed E-state index contributed by atoms with van der Waals surface area (Å²) < 4.78 is 36.6. The maximum Gasteiger partial charge on any atom is 0.248 e. The van der Waals surface area contributed by atoms with E-state index >= 15 is 0 Å². The Bertz CT molecular complexity index is 994. The van der Waals surface area contributed by atoms with Crippen LogP contribution in [0.3, 0.4) is 0 Å². The first kappa shape index (κ1) is 22.8. The number of ether oxygens (including phenoxy) is 2. The molecule has 0 heterocycles. The van der Waals surface area contributed by atoms with Crippen molar-refractivity contribution in [1.29, 1.82) is 0 Å². The molecule has 0 saturated carbocycles. The molecule has 7 nitrogen and oxygen atoms in total. The van der Waals surface area contributed by atoms with Gasteiger partial charge in [0.05, 0.1) is 31.9 Å². The maximum atomic E-state index is 13.0. The Hall–Kier alpha value is -2.45. The molecule has 2 rings (SSSR count). The first-order chi connectivity index (χ1) is 13.6. The van der Waals surface area contributed by atoms with Crippen LogP contribution in [0.4, 0.5) is 11.4 Å². The molecule has 0 unspecified atom stereocenters. The van der Waals surface area contributed by atoms with Gasteiger partial charge in [-0.2, -0.15) is 0 Å². The second kappa shape index (κ2) is 9.37. The van der Waals surface area contributed by atoms with Crippen molar-refractivity contribution in [2.45, 2.75) is 26.3 Å².